The molecule has 0 fully saturated rings. The first-order valence-corrected chi connectivity index (χ1v) is 9.65. The fourth-order valence-electron chi connectivity index (χ4n) is 2.84. The SMILES string of the molecule is CCNC(=NCc1ccc(OC(C)C)nc1)NCC(C)(O)c1cc(C)oc1C. The number of hydrogen-bond acceptors (Lipinski definition) is 5. The lowest BCUT2D eigenvalue weighted by Gasteiger charge is -2.24. The summed E-state index contributed by atoms with van der Waals surface area (Å²) in [5.74, 6) is 2.74. The fourth-order valence-corrected chi connectivity index (χ4v) is 2.84. The molecule has 2 heterocycles. The summed E-state index contributed by atoms with van der Waals surface area (Å²) in [6.07, 6.45) is 1.86. The molecule has 2 aromatic rings. The van der Waals surface area contributed by atoms with Crippen LogP contribution < -0.4 is 15.4 Å². The molecule has 0 radical (unpaired) electrons. The van der Waals surface area contributed by atoms with Crippen LogP contribution in [-0.4, -0.2) is 35.2 Å². The molecule has 0 aliphatic rings. The Kier molecular flexibility index (Phi) is 7.45. The number of nitrogens with zero attached hydrogens (tertiary/aromatic N) is 2. The van der Waals surface area contributed by atoms with E-state index in [1.54, 1.807) is 13.1 Å². The van der Waals surface area contributed by atoms with Gasteiger partial charge in [-0.25, -0.2) is 9.98 Å². The summed E-state index contributed by atoms with van der Waals surface area (Å²) in [6.45, 7) is 12.9. The van der Waals surface area contributed by atoms with Gasteiger partial charge in [-0.15, -0.1) is 0 Å². The van der Waals surface area contributed by atoms with Crippen LogP contribution in [0.1, 0.15) is 50.3 Å². The van der Waals surface area contributed by atoms with Crippen molar-refractivity contribution in [2.45, 2.75) is 59.8 Å². The van der Waals surface area contributed by atoms with E-state index in [1.165, 1.54) is 0 Å². The third-order valence-corrected chi connectivity index (χ3v) is 4.14. The van der Waals surface area contributed by atoms with Gasteiger partial charge >= 0.3 is 0 Å². The molecule has 2 rings (SSSR count). The first-order chi connectivity index (χ1) is 13.2. The summed E-state index contributed by atoms with van der Waals surface area (Å²) in [6, 6.07) is 5.67. The Bertz CT molecular complexity index is 779. The van der Waals surface area contributed by atoms with Gasteiger partial charge in [-0.2, -0.15) is 0 Å². The van der Waals surface area contributed by atoms with Gasteiger partial charge in [0.2, 0.25) is 5.88 Å². The van der Waals surface area contributed by atoms with Crippen LogP contribution in [-0.2, 0) is 12.1 Å². The number of aliphatic hydroxyl groups is 1. The highest BCUT2D eigenvalue weighted by atomic mass is 16.5. The molecular weight excluding hydrogens is 356 g/mol. The zero-order chi connectivity index (χ0) is 20.7. The lowest BCUT2D eigenvalue weighted by Crippen LogP contribution is -2.44. The lowest BCUT2D eigenvalue weighted by molar-refractivity contribution is 0.0601. The molecular formula is C21H32N4O3. The van der Waals surface area contributed by atoms with Gasteiger partial charge in [0.1, 0.15) is 17.1 Å². The normalized spacial score (nSPS) is 14.1. The molecule has 0 aromatic carbocycles. The fraction of sp³-hybridized carbons (Fsp3) is 0.524. The number of guanidine groups is 1. The van der Waals surface area contributed by atoms with Crippen molar-refractivity contribution in [3.63, 3.8) is 0 Å². The Hall–Kier alpha value is -2.54. The zero-order valence-corrected chi connectivity index (χ0v) is 17.7. The number of hydrogen-bond donors (Lipinski definition) is 3. The Morgan fingerprint density at radius 3 is 2.61 bits per heavy atom. The molecule has 3 N–H and O–H groups in total. The third kappa shape index (κ3) is 6.27. The van der Waals surface area contributed by atoms with Gasteiger partial charge < -0.3 is 24.9 Å². The molecule has 0 saturated heterocycles. The van der Waals surface area contributed by atoms with Crippen molar-refractivity contribution in [1.29, 1.82) is 0 Å². The average Bonchev–Trinajstić information content (AvgIpc) is 2.97. The summed E-state index contributed by atoms with van der Waals surface area (Å²) in [4.78, 5) is 8.87. The summed E-state index contributed by atoms with van der Waals surface area (Å²) in [7, 11) is 0. The van der Waals surface area contributed by atoms with Crippen LogP contribution in [0, 0.1) is 13.8 Å². The standard InChI is InChI=1S/C21H32N4O3/c1-7-22-20(24-12-17-8-9-19(23-11-17)27-14(2)3)25-13-21(6,26)18-10-15(4)28-16(18)5/h8-11,14,26H,7,12-13H2,1-6H3,(H2,22,24,25). The molecule has 0 bridgehead atoms. The molecule has 0 saturated carbocycles. The molecule has 0 amide bonds. The monoisotopic (exact) mass is 388 g/mol. The maximum Gasteiger partial charge on any atom is 0.213 e. The number of nitrogens with one attached hydrogen (secondary N) is 2. The molecule has 1 atom stereocenters. The van der Waals surface area contributed by atoms with Crippen LogP contribution in [0.2, 0.25) is 0 Å². The van der Waals surface area contributed by atoms with Crippen LogP contribution in [0.15, 0.2) is 33.8 Å². The van der Waals surface area contributed by atoms with Gasteiger partial charge in [0, 0.05) is 24.4 Å². The van der Waals surface area contributed by atoms with Crippen LogP contribution in [0.5, 0.6) is 5.88 Å². The van der Waals surface area contributed by atoms with E-state index >= 15 is 0 Å². The molecule has 0 spiro atoms. The van der Waals surface area contributed by atoms with E-state index in [9.17, 15) is 5.11 Å². The van der Waals surface area contributed by atoms with E-state index in [0.29, 0.717) is 24.9 Å². The first kappa shape index (κ1) is 21.8. The summed E-state index contributed by atoms with van der Waals surface area (Å²) in [5, 5.41) is 17.3. The first-order valence-electron chi connectivity index (χ1n) is 9.65. The number of rotatable bonds is 8. The van der Waals surface area contributed by atoms with Crippen molar-refractivity contribution in [2.75, 3.05) is 13.1 Å². The Morgan fingerprint density at radius 1 is 1.32 bits per heavy atom. The Morgan fingerprint density at radius 2 is 2.07 bits per heavy atom. The van der Waals surface area contributed by atoms with E-state index in [4.69, 9.17) is 9.15 Å². The molecule has 1 unspecified atom stereocenters. The highest BCUT2D eigenvalue weighted by molar-refractivity contribution is 5.79. The van der Waals surface area contributed by atoms with Crippen molar-refractivity contribution in [2.24, 2.45) is 4.99 Å². The van der Waals surface area contributed by atoms with Crippen molar-refractivity contribution >= 4 is 5.96 Å². The highest BCUT2D eigenvalue weighted by Crippen LogP contribution is 2.26. The second-order valence-electron chi connectivity index (χ2n) is 7.32. The van der Waals surface area contributed by atoms with Crippen LogP contribution in [0.4, 0.5) is 0 Å². The number of pyridine rings is 1. The van der Waals surface area contributed by atoms with Gasteiger partial charge in [0.05, 0.1) is 19.2 Å². The van der Waals surface area contributed by atoms with Gasteiger partial charge in [-0.05, 0) is 53.2 Å². The predicted molar refractivity (Wildman–Crippen MR) is 111 cm³/mol. The van der Waals surface area contributed by atoms with Crippen molar-refractivity contribution in [3.8, 4) is 5.88 Å². The summed E-state index contributed by atoms with van der Waals surface area (Å²) in [5.41, 5.74) is 0.676. The van der Waals surface area contributed by atoms with Gasteiger partial charge in [-0.1, -0.05) is 6.07 Å². The van der Waals surface area contributed by atoms with Gasteiger partial charge in [0.25, 0.3) is 0 Å². The predicted octanol–water partition coefficient (Wildman–Crippen LogP) is 3.04. The van der Waals surface area contributed by atoms with Crippen molar-refractivity contribution in [3.05, 3.63) is 47.0 Å². The van der Waals surface area contributed by atoms with E-state index in [-0.39, 0.29) is 6.10 Å². The average molecular weight is 389 g/mol. The molecule has 7 nitrogen and oxygen atoms in total. The second-order valence-corrected chi connectivity index (χ2v) is 7.32. The summed E-state index contributed by atoms with van der Waals surface area (Å²) >= 11 is 0. The minimum atomic E-state index is -1.07. The Labute approximate surface area is 167 Å². The van der Waals surface area contributed by atoms with E-state index in [2.05, 4.69) is 20.6 Å². The Balaban J connectivity index is 2.01. The minimum Gasteiger partial charge on any atom is -0.475 e. The second kappa shape index (κ2) is 9.59. The van der Waals surface area contributed by atoms with Gasteiger partial charge in [-0.3, -0.25) is 0 Å². The molecule has 28 heavy (non-hydrogen) atoms. The largest absolute Gasteiger partial charge is 0.475 e. The topological polar surface area (TPSA) is 91.9 Å². The zero-order valence-electron chi connectivity index (χ0n) is 17.7. The van der Waals surface area contributed by atoms with Crippen molar-refractivity contribution < 1.29 is 14.3 Å². The minimum absolute atomic E-state index is 0.0939. The van der Waals surface area contributed by atoms with Crippen LogP contribution in [0.25, 0.3) is 0 Å². The maximum absolute atomic E-state index is 10.9. The third-order valence-electron chi connectivity index (χ3n) is 4.14. The maximum atomic E-state index is 10.9. The molecule has 0 aliphatic carbocycles. The van der Waals surface area contributed by atoms with E-state index < -0.39 is 5.60 Å². The van der Waals surface area contributed by atoms with Crippen LogP contribution in [0.3, 0.4) is 0 Å². The summed E-state index contributed by atoms with van der Waals surface area (Å²) < 4.78 is 11.1. The number of aliphatic imine (C=N–C) groups is 1. The molecule has 154 valence electrons. The lowest BCUT2D eigenvalue weighted by atomic mass is 9.96. The van der Waals surface area contributed by atoms with Gasteiger partial charge in [0.15, 0.2) is 5.96 Å². The number of ether oxygens (including phenoxy) is 1. The molecule has 0 aliphatic heterocycles. The van der Waals surface area contributed by atoms with E-state index in [0.717, 1.165) is 29.2 Å². The molecule has 7 heteroatoms. The van der Waals surface area contributed by atoms with E-state index in [1.807, 2.05) is 52.8 Å². The smallest absolute Gasteiger partial charge is 0.213 e. The van der Waals surface area contributed by atoms with Crippen molar-refractivity contribution in [1.82, 2.24) is 15.6 Å². The number of aromatic nitrogens is 1. The highest BCUT2D eigenvalue weighted by Gasteiger charge is 2.27. The number of aryl methyl sites for hydroxylation is 2. The van der Waals surface area contributed by atoms with Crippen LogP contribution >= 0.6 is 0 Å². The number of furan rings is 1. The quantitative estimate of drug-likeness (QED) is 0.476. The molecule has 2 aromatic heterocycles.